The first kappa shape index (κ1) is 13.4. The van der Waals surface area contributed by atoms with Gasteiger partial charge in [0.15, 0.2) is 0 Å². The zero-order chi connectivity index (χ0) is 14.3. The summed E-state index contributed by atoms with van der Waals surface area (Å²) in [5.41, 5.74) is 4.64. The number of aliphatic hydroxyl groups is 1. The molecule has 2 aliphatic carbocycles. The summed E-state index contributed by atoms with van der Waals surface area (Å²) in [5, 5.41) is 10.2. The van der Waals surface area contributed by atoms with Crippen LogP contribution in [-0.2, 0) is 11.8 Å². The van der Waals surface area contributed by atoms with Crippen LogP contribution in [0.15, 0.2) is 35.4 Å². The summed E-state index contributed by atoms with van der Waals surface area (Å²) in [6.45, 7) is 4.37. The molecule has 1 N–H and O–H groups in total. The monoisotopic (exact) mass is 271 g/mol. The lowest BCUT2D eigenvalue weighted by molar-refractivity contribution is 0.196. The van der Waals surface area contributed by atoms with Crippen LogP contribution in [0, 0.1) is 5.92 Å². The van der Waals surface area contributed by atoms with E-state index in [1.807, 2.05) is 6.07 Å². The molecular weight excluding hydrogens is 250 g/mol. The third-order valence-corrected chi connectivity index (χ3v) is 4.69. The lowest BCUT2D eigenvalue weighted by Crippen LogP contribution is -2.43. The van der Waals surface area contributed by atoms with E-state index in [0.717, 1.165) is 24.1 Å². The van der Waals surface area contributed by atoms with E-state index in [-0.39, 0.29) is 12.0 Å². The smallest absolute Gasteiger partial charge is 0.213 e. The molecule has 0 amide bonds. The molecule has 0 saturated heterocycles. The number of nitrogens with zero attached hydrogens (tertiary/aromatic N) is 1. The predicted molar refractivity (Wildman–Crippen MR) is 78.9 cm³/mol. The molecule has 2 atom stereocenters. The van der Waals surface area contributed by atoms with Crippen molar-refractivity contribution in [2.24, 2.45) is 5.92 Å². The van der Waals surface area contributed by atoms with Crippen molar-refractivity contribution in [2.45, 2.75) is 32.1 Å². The van der Waals surface area contributed by atoms with Crippen LogP contribution >= 0.6 is 0 Å². The zero-order valence-electron chi connectivity index (χ0n) is 12.3. The lowest BCUT2D eigenvalue weighted by Gasteiger charge is -2.46. The molecule has 0 unspecified atom stereocenters. The zero-order valence-corrected chi connectivity index (χ0v) is 12.3. The van der Waals surface area contributed by atoms with E-state index >= 15 is 0 Å². The summed E-state index contributed by atoms with van der Waals surface area (Å²) in [4.78, 5) is 4.61. The standard InChI is InChI=1S/C17H21NO2/c1-4-13-12-7-11(2)9-17(13,10-19)14-5-6-16(20-3)18-15(14)8-12/h4-7,12,19H,8-10H2,1-3H3/b13-4+/t12-,17+/m0/s1. The Morgan fingerprint density at radius 1 is 1.50 bits per heavy atom. The second-order valence-corrected chi connectivity index (χ2v) is 5.83. The van der Waals surface area contributed by atoms with Gasteiger partial charge in [-0.3, -0.25) is 0 Å². The van der Waals surface area contributed by atoms with Crippen molar-refractivity contribution in [1.29, 1.82) is 0 Å². The number of hydrogen-bond donors (Lipinski definition) is 1. The molecule has 1 aromatic rings. The predicted octanol–water partition coefficient (Wildman–Crippen LogP) is 2.79. The van der Waals surface area contributed by atoms with Crippen molar-refractivity contribution in [3.63, 3.8) is 0 Å². The van der Waals surface area contributed by atoms with E-state index in [1.165, 1.54) is 11.1 Å². The maximum atomic E-state index is 10.2. The Morgan fingerprint density at radius 2 is 2.30 bits per heavy atom. The van der Waals surface area contributed by atoms with Gasteiger partial charge in [-0.05, 0) is 25.8 Å². The van der Waals surface area contributed by atoms with Crippen LogP contribution in [0.1, 0.15) is 31.5 Å². The number of aliphatic hydroxyl groups excluding tert-OH is 1. The van der Waals surface area contributed by atoms with Gasteiger partial charge in [0.1, 0.15) is 0 Å². The van der Waals surface area contributed by atoms with Gasteiger partial charge in [-0.25, -0.2) is 4.98 Å². The molecule has 0 saturated carbocycles. The Bertz CT molecular complexity index is 603. The number of ether oxygens (including phenoxy) is 1. The molecular formula is C17H21NO2. The van der Waals surface area contributed by atoms with Crippen molar-refractivity contribution in [2.75, 3.05) is 13.7 Å². The topological polar surface area (TPSA) is 42.4 Å². The minimum atomic E-state index is -0.287. The summed E-state index contributed by atoms with van der Waals surface area (Å²) in [7, 11) is 1.64. The van der Waals surface area contributed by atoms with Crippen LogP contribution < -0.4 is 4.74 Å². The van der Waals surface area contributed by atoms with Crippen LogP contribution in [0.5, 0.6) is 5.88 Å². The molecule has 2 aliphatic rings. The van der Waals surface area contributed by atoms with Gasteiger partial charge >= 0.3 is 0 Å². The average molecular weight is 271 g/mol. The van der Waals surface area contributed by atoms with Crippen molar-refractivity contribution in [3.05, 3.63) is 46.7 Å². The Kier molecular flexibility index (Phi) is 3.17. The van der Waals surface area contributed by atoms with Gasteiger partial charge in [0.05, 0.1) is 13.7 Å². The summed E-state index contributed by atoms with van der Waals surface area (Å²) >= 11 is 0. The van der Waals surface area contributed by atoms with Gasteiger partial charge in [-0.1, -0.05) is 29.4 Å². The summed E-state index contributed by atoms with van der Waals surface area (Å²) in [6.07, 6.45) is 6.27. The molecule has 20 heavy (non-hydrogen) atoms. The van der Waals surface area contributed by atoms with Gasteiger partial charge < -0.3 is 9.84 Å². The van der Waals surface area contributed by atoms with E-state index in [9.17, 15) is 5.11 Å². The molecule has 3 heteroatoms. The Balaban J connectivity index is 2.23. The molecule has 0 aliphatic heterocycles. The molecule has 0 fully saturated rings. The van der Waals surface area contributed by atoms with Crippen molar-refractivity contribution in [1.82, 2.24) is 4.98 Å². The Labute approximate surface area is 120 Å². The maximum absolute atomic E-state index is 10.2. The second kappa shape index (κ2) is 4.74. The SMILES string of the molecule is C/C=C1\[C@H]2C=C(C)C[C@]1(CO)c1ccc(OC)nc1C2. The molecule has 0 aromatic carbocycles. The van der Waals surface area contributed by atoms with E-state index in [4.69, 9.17) is 4.74 Å². The molecule has 3 nitrogen and oxygen atoms in total. The van der Waals surface area contributed by atoms with Gasteiger partial charge in [0.2, 0.25) is 5.88 Å². The van der Waals surface area contributed by atoms with Crippen LogP contribution in [0.3, 0.4) is 0 Å². The van der Waals surface area contributed by atoms with Crippen molar-refractivity contribution < 1.29 is 9.84 Å². The lowest BCUT2D eigenvalue weighted by atomic mass is 9.58. The maximum Gasteiger partial charge on any atom is 0.213 e. The third kappa shape index (κ3) is 1.73. The number of rotatable bonds is 2. The normalized spacial score (nSPS) is 29.9. The van der Waals surface area contributed by atoms with Gasteiger partial charge in [0.25, 0.3) is 0 Å². The first-order chi connectivity index (χ1) is 9.64. The Hall–Kier alpha value is -1.61. The van der Waals surface area contributed by atoms with Crippen molar-refractivity contribution in [3.8, 4) is 5.88 Å². The van der Waals surface area contributed by atoms with Gasteiger partial charge in [-0.15, -0.1) is 0 Å². The minimum absolute atomic E-state index is 0.134. The first-order valence-electron chi connectivity index (χ1n) is 7.14. The summed E-state index contributed by atoms with van der Waals surface area (Å²) in [6, 6.07) is 3.98. The van der Waals surface area contributed by atoms with Crippen LogP contribution in [0.2, 0.25) is 0 Å². The summed E-state index contributed by atoms with van der Waals surface area (Å²) < 4.78 is 5.24. The fourth-order valence-electron chi connectivity index (χ4n) is 3.96. The number of pyridine rings is 1. The molecule has 2 bridgehead atoms. The number of aromatic nitrogens is 1. The largest absolute Gasteiger partial charge is 0.481 e. The average Bonchev–Trinajstić information content (AvgIpc) is 2.45. The summed E-state index contributed by atoms with van der Waals surface area (Å²) in [5.74, 6) is 1.01. The van der Waals surface area contributed by atoms with Crippen LogP contribution in [0.25, 0.3) is 0 Å². The van der Waals surface area contributed by atoms with E-state index in [2.05, 4.69) is 37.0 Å². The number of allylic oxidation sites excluding steroid dienone is 3. The highest BCUT2D eigenvalue weighted by atomic mass is 16.5. The highest BCUT2D eigenvalue weighted by Crippen LogP contribution is 2.51. The molecule has 3 rings (SSSR count). The van der Waals surface area contributed by atoms with E-state index in [1.54, 1.807) is 7.11 Å². The number of hydrogen-bond acceptors (Lipinski definition) is 3. The highest BCUT2D eigenvalue weighted by Gasteiger charge is 2.46. The quantitative estimate of drug-likeness (QED) is 0.841. The molecule has 106 valence electrons. The highest BCUT2D eigenvalue weighted by molar-refractivity contribution is 5.51. The van der Waals surface area contributed by atoms with E-state index < -0.39 is 0 Å². The minimum Gasteiger partial charge on any atom is -0.481 e. The number of methoxy groups -OCH3 is 1. The molecule has 1 aromatic heterocycles. The number of fused-ring (bicyclic) bond motifs is 4. The van der Waals surface area contributed by atoms with Gasteiger partial charge in [0, 0.05) is 29.5 Å². The van der Waals surface area contributed by atoms with Crippen LogP contribution in [0.4, 0.5) is 0 Å². The van der Waals surface area contributed by atoms with E-state index in [0.29, 0.717) is 11.8 Å². The second-order valence-electron chi connectivity index (χ2n) is 5.83. The van der Waals surface area contributed by atoms with Crippen LogP contribution in [-0.4, -0.2) is 23.8 Å². The molecule has 1 heterocycles. The first-order valence-corrected chi connectivity index (χ1v) is 7.14. The molecule has 0 radical (unpaired) electrons. The fraction of sp³-hybridized carbons (Fsp3) is 0.471. The molecule has 0 spiro atoms. The third-order valence-electron chi connectivity index (χ3n) is 4.69. The van der Waals surface area contributed by atoms with Crippen molar-refractivity contribution >= 4 is 0 Å². The fourth-order valence-corrected chi connectivity index (χ4v) is 3.96. The Morgan fingerprint density at radius 3 is 2.95 bits per heavy atom. The van der Waals surface area contributed by atoms with Gasteiger partial charge in [-0.2, -0.15) is 0 Å².